The fraction of sp³-hybridized carbons (Fsp3) is 0.562. The highest BCUT2D eigenvalue weighted by atomic mass is 32.2. The molecular weight excluding hydrogens is 284 g/mol. The second kappa shape index (κ2) is 6.71. The van der Waals surface area contributed by atoms with Gasteiger partial charge in [-0.25, -0.2) is 4.79 Å². The molecule has 0 spiro atoms. The van der Waals surface area contributed by atoms with E-state index in [0.717, 1.165) is 6.54 Å². The molecule has 5 heteroatoms. The summed E-state index contributed by atoms with van der Waals surface area (Å²) < 4.78 is 5.46. The lowest BCUT2D eigenvalue weighted by Crippen LogP contribution is -2.49. The molecule has 1 aliphatic rings. The van der Waals surface area contributed by atoms with Crippen molar-refractivity contribution in [3.05, 3.63) is 29.8 Å². The molecule has 4 nitrogen and oxygen atoms in total. The Labute approximate surface area is 131 Å². The molecule has 1 aromatic carbocycles. The van der Waals surface area contributed by atoms with Gasteiger partial charge in [-0.2, -0.15) is 0 Å². The molecule has 0 radical (unpaired) electrons. The Hall–Kier alpha value is -1.20. The molecule has 1 unspecified atom stereocenters. The number of amides is 1. The van der Waals surface area contributed by atoms with Crippen LogP contribution in [0.2, 0.25) is 0 Å². The molecule has 1 fully saturated rings. The number of nitrogens with zero attached hydrogens (tertiary/aromatic N) is 1. The minimum atomic E-state index is -0.448. The maximum atomic E-state index is 12.2. The molecule has 116 valence electrons. The molecule has 0 saturated carbocycles. The number of carbonyl (C=O) groups is 1. The number of hydrogen-bond acceptors (Lipinski definition) is 4. The van der Waals surface area contributed by atoms with Crippen molar-refractivity contribution in [2.45, 2.75) is 37.3 Å². The first-order chi connectivity index (χ1) is 9.89. The minimum absolute atomic E-state index is 0.165. The molecule has 1 aromatic rings. The van der Waals surface area contributed by atoms with Crippen molar-refractivity contribution < 1.29 is 9.53 Å². The highest BCUT2D eigenvalue weighted by molar-refractivity contribution is 7.98. The number of hydrogen-bond donors (Lipinski definition) is 1. The number of carbonyl (C=O) groups excluding carboxylic acids is 1. The van der Waals surface area contributed by atoms with Crippen LogP contribution in [-0.2, 0) is 4.74 Å². The maximum absolute atomic E-state index is 12.2. The zero-order chi connectivity index (χ0) is 15.5. The number of rotatable bonds is 2. The van der Waals surface area contributed by atoms with Crippen LogP contribution in [0.1, 0.15) is 32.4 Å². The Morgan fingerprint density at radius 2 is 2.19 bits per heavy atom. The van der Waals surface area contributed by atoms with Crippen LogP contribution in [0.5, 0.6) is 0 Å². The van der Waals surface area contributed by atoms with Crippen LogP contribution in [0.15, 0.2) is 29.2 Å². The quantitative estimate of drug-likeness (QED) is 0.851. The standard InChI is InChI=1S/C16H24N2O2S/c1-16(2,3)20-15(19)18-9-8-17-14(11-18)12-6-5-7-13(10-12)21-4/h5-7,10,14,17H,8-9,11H2,1-4H3. The lowest BCUT2D eigenvalue weighted by atomic mass is 10.0. The number of benzene rings is 1. The van der Waals surface area contributed by atoms with E-state index in [0.29, 0.717) is 13.1 Å². The van der Waals surface area contributed by atoms with Gasteiger partial charge < -0.3 is 15.0 Å². The second-order valence-electron chi connectivity index (χ2n) is 6.21. The van der Waals surface area contributed by atoms with Gasteiger partial charge in [-0.05, 0) is 44.7 Å². The first-order valence-electron chi connectivity index (χ1n) is 7.24. The summed E-state index contributed by atoms with van der Waals surface area (Å²) in [5.41, 5.74) is 0.770. The zero-order valence-electron chi connectivity index (χ0n) is 13.2. The summed E-state index contributed by atoms with van der Waals surface area (Å²) in [5, 5.41) is 3.48. The van der Waals surface area contributed by atoms with Gasteiger partial charge in [0.05, 0.1) is 6.04 Å². The molecule has 1 saturated heterocycles. The molecule has 1 N–H and O–H groups in total. The molecule has 1 aliphatic heterocycles. The summed E-state index contributed by atoms with van der Waals surface area (Å²) in [6.45, 7) is 7.80. The molecule has 0 bridgehead atoms. The average Bonchev–Trinajstić information content (AvgIpc) is 2.46. The van der Waals surface area contributed by atoms with E-state index in [1.807, 2.05) is 20.8 Å². The van der Waals surface area contributed by atoms with Crippen molar-refractivity contribution in [3.8, 4) is 0 Å². The van der Waals surface area contributed by atoms with Gasteiger partial charge in [-0.3, -0.25) is 0 Å². The van der Waals surface area contributed by atoms with E-state index < -0.39 is 5.60 Å². The zero-order valence-corrected chi connectivity index (χ0v) is 14.0. The topological polar surface area (TPSA) is 41.6 Å². The number of ether oxygens (including phenoxy) is 1. The van der Waals surface area contributed by atoms with Crippen molar-refractivity contribution in [2.75, 3.05) is 25.9 Å². The predicted octanol–water partition coefficient (Wildman–Crippen LogP) is 3.29. The first kappa shape index (κ1) is 16.2. The predicted molar refractivity (Wildman–Crippen MR) is 86.8 cm³/mol. The third-order valence-electron chi connectivity index (χ3n) is 3.32. The average molecular weight is 308 g/mol. The number of piperazine rings is 1. The number of thioether (sulfide) groups is 1. The van der Waals surface area contributed by atoms with Gasteiger partial charge in [-0.1, -0.05) is 12.1 Å². The van der Waals surface area contributed by atoms with Crippen molar-refractivity contribution in [2.24, 2.45) is 0 Å². The van der Waals surface area contributed by atoms with Crippen LogP contribution in [0, 0.1) is 0 Å². The number of nitrogens with one attached hydrogen (secondary N) is 1. The van der Waals surface area contributed by atoms with Crippen molar-refractivity contribution in [3.63, 3.8) is 0 Å². The van der Waals surface area contributed by atoms with Crippen LogP contribution >= 0.6 is 11.8 Å². The summed E-state index contributed by atoms with van der Waals surface area (Å²) in [5.74, 6) is 0. The Balaban J connectivity index is 2.04. The van der Waals surface area contributed by atoms with Gasteiger partial charge in [-0.15, -0.1) is 11.8 Å². The normalized spacial score (nSPS) is 19.4. The molecule has 1 heterocycles. The molecule has 0 aromatic heterocycles. The first-order valence-corrected chi connectivity index (χ1v) is 8.47. The summed E-state index contributed by atoms with van der Waals surface area (Å²) in [6, 6.07) is 8.62. The van der Waals surface area contributed by atoms with Gasteiger partial charge in [0.1, 0.15) is 5.60 Å². The highest BCUT2D eigenvalue weighted by Crippen LogP contribution is 2.23. The van der Waals surface area contributed by atoms with E-state index in [1.54, 1.807) is 16.7 Å². The Bertz CT molecular complexity index is 499. The lowest BCUT2D eigenvalue weighted by molar-refractivity contribution is 0.0195. The Kier molecular flexibility index (Phi) is 5.17. The molecule has 1 atom stereocenters. The molecular formula is C16H24N2O2S. The largest absolute Gasteiger partial charge is 0.444 e. The SMILES string of the molecule is CSc1cccc(C2CN(C(=O)OC(C)(C)C)CCN2)c1. The summed E-state index contributed by atoms with van der Waals surface area (Å²) in [7, 11) is 0. The van der Waals surface area contributed by atoms with Crippen LogP contribution < -0.4 is 5.32 Å². The van der Waals surface area contributed by atoms with Crippen molar-refractivity contribution >= 4 is 17.9 Å². The fourth-order valence-electron chi connectivity index (χ4n) is 2.32. The van der Waals surface area contributed by atoms with Crippen molar-refractivity contribution in [1.29, 1.82) is 0 Å². The Morgan fingerprint density at radius 1 is 1.43 bits per heavy atom. The second-order valence-corrected chi connectivity index (χ2v) is 7.09. The van der Waals surface area contributed by atoms with Gasteiger partial charge in [0.15, 0.2) is 0 Å². The van der Waals surface area contributed by atoms with Gasteiger partial charge in [0.2, 0.25) is 0 Å². The monoisotopic (exact) mass is 308 g/mol. The van der Waals surface area contributed by atoms with E-state index >= 15 is 0 Å². The van der Waals surface area contributed by atoms with Crippen LogP contribution in [-0.4, -0.2) is 42.5 Å². The smallest absolute Gasteiger partial charge is 0.410 e. The van der Waals surface area contributed by atoms with E-state index in [4.69, 9.17) is 4.74 Å². The molecule has 2 rings (SSSR count). The van der Waals surface area contributed by atoms with E-state index in [1.165, 1.54) is 10.5 Å². The molecule has 0 aliphatic carbocycles. The third kappa shape index (κ3) is 4.64. The summed E-state index contributed by atoms with van der Waals surface area (Å²) in [4.78, 5) is 15.2. The van der Waals surface area contributed by atoms with Crippen LogP contribution in [0.25, 0.3) is 0 Å². The third-order valence-corrected chi connectivity index (χ3v) is 4.05. The summed E-state index contributed by atoms with van der Waals surface area (Å²) >= 11 is 1.73. The lowest BCUT2D eigenvalue weighted by Gasteiger charge is -2.35. The van der Waals surface area contributed by atoms with Crippen LogP contribution in [0.4, 0.5) is 4.79 Å². The Morgan fingerprint density at radius 3 is 2.86 bits per heavy atom. The highest BCUT2D eigenvalue weighted by Gasteiger charge is 2.28. The molecule has 21 heavy (non-hydrogen) atoms. The van der Waals surface area contributed by atoms with E-state index in [-0.39, 0.29) is 12.1 Å². The summed E-state index contributed by atoms with van der Waals surface area (Å²) in [6.07, 6.45) is 1.84. The minimum Gasteiger partial charge on any atom is -0.444 e. The fourth-order valence-corrected chi connectivity index (χ4v) is 2.79. The molecule has 1 amide bonds. The maximum Gasteiger partial charge on any atom is 0.410 e. The van der Waals surface area contributed by atoms with Crippen LogP contribution in [0.3, 0.4) is 0 Å². The van der Waals surface area contributed by atoms with Gasteiger partial charge >= 0.3 is 6.09 Å². The van der Waals surface area contributed by atoms with Gasteiger partial charge in [0, 0.05) is 24.5 Å². The van der Waals surface area contributed by atoms with E-state index in [2.05, 4.69) is 35.8 Å². The van der Waals surface area contributed by atoms with Gasteiger partial charge in [0.25, 0.3) is 0 Å². The van der Waals surface area contributed by atoms with E-state index in [9.17, 15) is 4.79 Å². The van der Waals surface area contributed by atoms with Crippen molar-refractivity contribution in [1.82, 2.24) is 10.2 Å².